The van der Waals surface area contributed by atoms with E-state index in [1.807, 2.05) is 38.1 Å². The Balaban J connectivity index is 2.24. The Labute approximate surface area is 136 Å². The SMILES string of the molecule is CCO/N=C(/CC)C1=C(O)CC(c2ccc(OC)cc2)CC1=O. The van der Waals surface area contributed by atoms with E-state index in [0.717, 1.165) is 11.3 Å². The van der Waals surface area contributed by atoms with Crippen molar-refractivity contribution >= 4 is 11.5 Å². The fraction of sp³-hybridized carbons (Fsp3) is 0.444. The lowest BCUT2D eigenvalue weighted by Gasteiger charge is -2.24. The van der Waals surface area contributed by atoms with Crippen LogP contribution in [-0.4, -0.2) is 30.3 Å². The number of methoxy groups -OCH3 is 1. The summed E-state index contributed by atoms with van der Waals surface area (Å²) in [6.45, 7) is 4.15. The van der Waals surface area contributed by atoms with E-state index in [1.54, 1.807) is 7.11 Å². The smallest absolute Gasteiger partial charge is 0.168 e. The number of hydrogen-bond acceptors (Lipinski definition) is 5. The van der Waals surface area contributed by atoms with Crippen LogP contribution in [0.5, 0.6) is 5.75 Å². The van der Waals surface area contributed by atoms with Gasteiger partial charge >= 0.3 is 0 Å². The molecule has 0 amide bonds. The molecule has 1 aliphatic rings. The van der Waals surface area contributed by atoms with Crippen molar-refractivity contribution in [1.29, 1.82) is 0 Å². The Bertz CT molecular complexity index is 616. The second-order valence-corrected chi connectivity index (χ2v) is 5.43. The molecule has 0 saturated carbocycles. The molecule has 1 aromatic rings. The van der Waals surface area contributed by atoms with E-state index in [2.05, 4.69) is 5.16 Å². The van der Waals surface area contributed by atoms with Crippen molar-refractivity contribution in [3.8, 4) is 5.75 Å². The first-order chi connectivity index (χ1) is 11.1. The number of nitrogens with zero attached hydrogens (tertiary/aromatic N) is 1. The van der Waals surface area contributed by atoms with Gasteiger partial charge in [-0.25, -0.2) is 0 Å². The van der Waals surface area contributed by atoms with Crippen LogP contribution in [0.2, 0.25) is 0 Å². The molecule has 0 spiro atoms. The molecule has 0 radical (unpaired) electrons. The molecule has 0 fully saturated rings. The number of ketones is 1. The number of allylic oxidation sites excluding steroid dienone is 2. The van der Waals surface area contributed by atoms with Crippen molar-refractivity contribution in [3.05, 3.63) is 41.2 Å². The maximum atomic E-state index is 12.5. The summed E-state index contributed by atoms with van der Waals surface area (Å²) in [5, 5.41) is 14.3. The average Bonchev–Trinajstić information content (AvgIpc) is 2.57. The van der Waals surface area contributed by atoms with E-state index in [-0.39, 0.29) is 17.5 Å². The molecule has 5 heteroatoms. The number of ether oxygens (including phenoxy) is 1. The summed E-state index contributed by atoms with van der Waals surface area (Å²) < 4.78 is 5.14. The van der Waals surface area contributed by atoms with Crippen molar-refractivity contribution in [2.75, 3.05) is 13.7 Å². The van der Waals surface area contributed by atoms with Crippen molar-refractivity contribution in [1.82, 2.24) is 0 Å². The summed E-state index contributed by atoms with van der Waals surface area (Å²) >= 11 is 0. The topological polar surface area (TPSA) is 68.1 Å². The first-order valence-corrected chi connectivity index (χ1v) is 7.89. The average molecular weight is 317 g/mol. The van der Waals surface area contributed by atoms with Gasteiger partial charge in [0.1, 0.15) is 18.1 Å². The summed E-state index contributed by atoms with van der Waals surface area (Å²) in [6.07, 6.45) is 1.33. The number of benzene rings is 1. The lowest BCUT2D eigenvalue weighted by atomic mass is 9.81. The normalized spacial score (nSPS) is 19.0. The van der Waals surface area contributed by atoms with Crippen LogP contribution in [0.25, 0.3) is 0 Å². The molecule has 0 saturated heterocycles. The highest BCUT2D eigenvalue weighted by Crippen LogP contribution is 2.35. The fourth-order valence-electron chi connectivity index (χ4n) is 2.76. The summed E-state index contributed by atoms with van der Waals surface area (Å²) in [5.74, 6) is 0.757. The summed E-state index contributed by atoms with van der Waals surface area (Å²) in [6, 6.07) is 7.60. The van der Waals surface area contributed by atoms with Crippen LogP contribution in [0.4, 0.5) is 0 Å². The van der Waals surface area contributed by atoms with Gasteiger partial charge in [-0.2, -0.15) is 0 Å². The first kappa shape index (κ1) is 17.1. The minimum Gasteiger partial charge on any atom is -0.511 e. The van der Waals surface area contributed by atoms with Crippen LogP contribution in [-0.2, 0) is 9.63 Å². The van der Waals surface area contributed by atoms with Gasteiger partial charge in [-0.3, -0.25) is 4.79 Å². The Kier molecular flexibility index (Phi) is 5.79. The zero-order valence-corrected chi connectivity index (χ0v) is 13.8. The molecule has 2 rings (SSSR count). The molecule has 0 bridgehead atoms. The second kappa shape index (κ2) is 7.81. The van der Waals surface area contributed by atoms with E-state index in [0.29, 0.717) is 37.2 Å². The number of rotatable bonds is 6. The van der Waals surface area contributed by atoms with Crippen LogP contribution in [0.15, 0.2) is 40.8 Å². The number of hydrogen-bond donors (Lipinski definition) is 1. The quantitative estimate of drug-likeness (QED) is 0.641. The van der Waals surface area contributed by atoms with Crippen LogP contribution >= 0.6 is 0 Å². The predicted molar refractivity (Wildman–Crippen MR) is 89.0 cm³/mol. The lowest BCUT2D eigenvalue weighted by molar-refractivity contribution is -0.116. The number of aliphatic hydroxyl groups excluding tert-OH is 1. The number of oxime groups is 1. The monoisotopic (exact) mass is 317 g/mol. The highest BCUT2D eigenvalue weighted by atomic mass is 16.6. The summed E-state index contributed by atoms with van der Waals surface area (Å²) in [4.78, 5) is 17.5. The Morgan fingerprint density at radius 3 is 2.48 bits per heavy atom. The zero-order chi connectivity index (χ0) is 16.8. The highest BCUT2D eigenvalue weighted by Gasteiger charge is 2.31. The van der Waals surface area contributed by atoms with E-state index in [9.17, 15) is 9.90 Å². The molecule has 23 heavy (non-hydrogen) atoms. The van der Waals surface area contributed by atoms with Gasteiger partial charge in [0.15, 0.2) is 5.78 Å². The maximum Gasteiger partial charge on any atom is 0.168 e. The van der Waals surface area contributed by atoms with Gasteiger partial charge in [0.25, 0.3) is 0 Å². The molecule has 1 atom stereocenters. The number of carbonyl (C=O) groups is 1. The molecule has 0 heterocycles. The molecular formula is C18H23NO4. The summed E-state index contributed by atoms with van der Waals surface area (Å²) in [7, 11) is 1.62. The minimum atomic E-state index is -0.0881. The van der Waals surface area contributed by atoms with Gasteiger partial charge in [-0.05, 0) is 37.0 Å². The molecule has 1 unspecified atom stereocenters. The van der Waals surface area contributed by atoms with Gasteiger partial charge in [0.05, 0.1) is 18.4 Å². The second-order valence-electron chi connectivity index (χ2n) is 5.43. The van der Waals surface area contributed by atoms with Gasteiger partial charge in [-0.15, -0.1) is 0 Å². The third kappa shape index (κ3) is 3.92. The Morgan fingerprint density at radius 1 is 1.26 bits per heavy atom. The number of aliphatic hydroxyl groups is 1. The van der Waals surface area contributed by atoms with Gasteiger partial charge in [0, 0.05) is 12.8 Å². The highest BCUT2D eigenvalue weighted by molar-refractivity contribution is 6.23. The largest absolute Gasteiger partial charge is 0.511 e. The van der Waals surface area contributed by atoms with Crippen LogP contribution < -0.4 is 4.74 Å². The van der Waals surface area contributed by atoms with Crippen molar-refractivity contribution in [2.24, 2.45) is 5.16 Å². The third-order valence-corrected chi connectivity index (χ3v) is 3.95. The molecule has 5 nitrogen and oxygen atoms in total. The molecule has 1 N–H and O–H groups in total. The van der Waals surface area contributed by atoms with Crippen LogP contribution in [0.3, 0.4) is 0 Å². The number of carbonyl (C=O) groups excluding carboxylic acids is 1. The predicted octanol–water partition coefficient (Wildman–Crippen LogP) is 3.76. The van der Waals surface area contributed by atoms with Gasteiger partial charge < -0.3 is 14.7 Å². The molecule has 0 aromatic heterocycles. The van der Waals surface area contributed by atoms with Crippen LogP contribution in [0, 0.1) is 0 Å². The van der Waals surface area contributed by atoms with E-state index >= 15 is 0 Å². The standard InChI is InChI=1S/C18H23NO4/c1-4-15(19-23-5-2)18-16(20)10-13(11-17(18)21)12-6-8-14(22-3)9-7-12/h6-9,13,20H,4-5,10-11H2,1-3H3/b19-15-. The molecule has 1 aromatic carbocycles. The van der Waals surface area contributed by atoms with E-state index in [1.165, 1.54) is 0 Å². The van der Waals surface area contributed by atoms with E-state index in [4.69, 9.17) is 9.57 Å². The maximum absolute atomic E-state index is 12.5. The van der Waals surface area contributed by atoms with Gasteiger partial charge in [0.2, 0.25) is 0 Å². The first-order valence-electron chi connectivity index (χ1n) is 7.89. The zero-order valence-electron chi connectivity index (χ0n) is 13.8. The molecular weight excluding hydrogens is 294 g/mol. The number of Topliss-reactive ketones (excluding diaryl/α,β-unsaturated/α-hetero) is 1. The lowest BCUT2D eigenvalue weighted by Crippen LogP contribution is -2.23. The minimum absolute atomic E-state index is 0.0256. The Hall–Kier alpha value is -2.30. The van der Waals surface area contributed by atoms with Crippen molar-refractivity contribution < 1.29 is 19.5 Å². The van der Waals surface area contributed by atoms with Crippen molar-refractivity contribution in [2.45, 2.75) is 39.0 Å². The molecule has 0 aliphatic heterocycles. The fourth-order valence-corrected chi connectivity index (χ4v) is 2.76. The third-order valence-electron chi connectivity index (χ3n) is 3.95. The molecule has 124 valence electrons. The van der Waals surface area contributed by atoms with Gasteiger partial charge in [-0.1, -0.05) is 24.2 Å². The Morgan fingerprint density at radius 2 is 1.96 bits per heavy atom. The van der Waals surface area contributed by atoms with Crippen LogP contribution in [0.1, 0.15) is 44.6 Å². The van der Waals surface area contributed by atoms with E-state index < -0.39 is 0 Å². The summed E-state index contributed by atoms with van der Waals surface area (Å²) in [5.41, 5.74) is 1.86. The van der Waals surface area contributed by atoms with Crippen molar-refractivity contribution in [3.63, 3.8) is 0 Å². The molecule has 1 aliphatic carbocycles.